The molecule has 0 bridgehead atoms. The number of benzene rings is 1. The van der Waals surface area contributed by atoms with E-state index < -0.39 is 0 Å². The fourth-order valence-electron chi connectivity index (χ4n) is 2.25. The molecule has 0 atom stereocenters. The zero-order valence-electron chi connectivity index (χ0n) is 12.6. The normalized spacial score (nSPS) is 11.4. The molecule has 0 aliphatic heterocycles. The Balaban J connectivity index is 2.09. The number of methoxy groups -OCH3 is 1. The second-order valence-electron chi connectivity index (χ2n) is 4.98. The van der Waals surface area contributed by atoms with Crippen LogP contribution in [-0.2, 0) is 0 Å². The molecule has 3 aromatic rings. The molecule has 0 saturated heterocycles. The molecule has 3 rings (SSSR count). The lowest BCUT2D eigenvalue weighted by Gasteiger charge is -2.04. The molecule has 6 nitrogen and oxygen atoms in total. The van der Waals surface area contributed by atoms with E-state index in [0.29, 0.717) is 28.6 Å². The summed E-state index contributed by atoms with van der Waals surface area (Å²) in [5, 5.41) is 18.4. The van der Waals surface area contributed by atoms with Gasteiger partial charge in [0.05, 0.1) is 12.8 Å². The summed E-state index contributed by atoms with van der Waals surface area (Å²) in [6.45, 7) is 3.81. The summed E-state index contributed by atoms with van der Waals surface area (Å²) in [7, 11) is 1.60. The first-order chi connectivity index (χ1) is 10.6. The molecule has 22 heavy (non-hydrogen) atoms. The van der Waals surface area contributed by atoms with Gasteiger partial charge in [-0.1, -0.05) is 6.07 Å². The summed E-state index contributed by atoms with van der Waals surface area (Å²) in [4.78, 5) is 4.31. The van der Waals surface area contributed by atoms with Crippen LogP contribution in [0.15, 0.2) is 46.8 Å². The molecule has 0 radical (unpaired) electrons. The second-order valence-corrected chi connectivity index (χ2v) is 4.98. The van der Waals surface area contributed by atoms with Gasteiger partial charge in [-0.3, -0.25) is 4.40 Å². The standard InChI is InChI=1S/C16H16N4O2/c1-10-6-7-14(22-3)12(9-10)18-19-15-11(2)17-16-13(21)5-4-8-20(15)16/h4-9,21H,1-3H3. The largest absolute Gasteiger partial charge is 0.504 e. The summed E-state index contributed by atoms with van der Waals surface area (Å²) in [6, 6.07) is 9.03. The van der Waals surface area contributed by atoms with Gasteiger partial charge in [-0.15, -0.1) is 10.2 Å². The maximum Gasteiger partial charge on any atom is 0.182 e. The van der Waals surface area contributed by atoms with Crippen molar-refractivity contribution in [2.24, 2.45) is 10.2 Å². The average Bonchev–Trinajstić information content (AvgIpc) is 2.82. The highest BCUT2D eigenvalue weighted by molar-refractivity contribution is 5.60. The molecule has 1 aromatic carbocycles. The number of ether oxygens (including phenoxy) is 1. The predicted octanol–water partition coefficient (Wildman–Crippen LogP) is 4.08. The molecule has 2 heterocycles. The van der Waals surface area contributed by atoms with E-state index in [1.807, 2.05) is 32.0 Å². The molecule has 6 heteroatoms. The number of nitrogens with zero attached hydrogens (tertiary/aromatic N) is 4. The summed E-state index contributed by atoms with van der Waals surface area (Å²) >= 11 is 0. The zero-order valence-corrected chi connectivity index (χ0v) is 12.6. The number of hydrogen-bond acceptors (Lipinski definition) is 5. The first-order valence-corrected chi connectivity index (χ1v) is 6.83. The SMILES string of the molecule is COc1ccc(C)cc1N=Nc1c(C)nc2c(O)cccn12. The monoisotopic (exact) mass is 296 g/mol. The Kier molecular flexibility index (Phi) is 3.50. The van der Waals surface area contributed by atoms with E-state index in [0.717, 1.165) is 5.56 Å². The first-order valence-electron chi connectivity index (χ1n) is 6.83. The number of azo groups is 1. The molecule has 0 aliphatic rings. The number of aromatic hydroxyl groups is 1. The van der Waals surface area contributed by atoms with E-state index >= 15 is 0 Å². The average molecular weight is 296 g/mol. The Morgan fingerprint density at radius 2 is 2.00 bits per heavy atom. The first kappa shape index (κ1) is 14.1. The highest BCUT2D eigenvalue weighted by atomic mass is 16.5. The van der Waals surface area contributed by atoms with Crippen LogP contribution >= 0.6 is 0 Å². The third kappa shape index (κ3) is 2.39. The molecule has 2 aromatic heterocycles. The highest BCUT2D eigenvalue weighted by Crippen LogP contribution is 2.31. The van der Waals surface area contributed by atoms with Crippen molar-refractivity contribution >= 4 is 17.2 Å². The highest BCUT2D eigenvalue weighted by Gasteiger charge is 2.11. The summed E-state index contributed by atoms with van der Waals surface area (Å²) < 4.78 is 7.00. The van der Waals surface area contributed by atoms with Gasteiger partial charge in [0.2, 0.25) is 0 Å². The number of pyridine rings is 1. The van der Waals surface area contributed by atoms with Gasteiger partial charge in [0, 0.05) is 6.20 Å². The number of hydrogen-bond donors (Lipinski definition) is 1. The van der Waals surface area contributed by atoms with Crippen molar-refractivity contribution in [2.45, 2.75) is 13.8 Å². The van der Waals surface area contributed by atoms with Crippen LogP contribution in [0.5, 0.6) is 11.5 Å². The van der Waals surface area contributed by atoms with E-state index in [1.165, 1.54) is 0 Å². The quantitative estimate of drug-likeness (QED) is 0.740. The molecule has 0 spiro atoms. The lowest BCUT2D eigenvalue weighted by atomic mass is 10.2. The van der Waals surface area contributed by atoms with Crippen LogP contribution in [0.25, 0.3) is 5.65 Å². The summed E-state index contributed by atoms with van der Waals surface area (Å²) in [6.07, 6.45) is 1.79. The van der Waals surface area contributed by atoms with Crippen molar-refractivity contribution in [3.63, 3.8) is 0 Å². The molecule has 0 fully saturated rings. The van der Waals surface area contributed by atoms with Gasteiger partial charge in [0.1, 0.15) is 11.4 Å². The number of aromatic nitrogens is 2. The summed E-state index contributed by atoms with van der Waals surface area (Å²) in [5.74, 6) is 1.35. The van der Waals surface area contributed by atoms with Crippen LogP contribution in [-0.4, -0.2) is 21.6 Å². The van der Waals surface area contributed by atoms with Crippen molar-refractivity contribution in [2.75, 3.05) is 7.11 Å². The Morgan fingerprint density at radius 3 is 2.77 bits per heavy atom. The van der Waals surface area contributed by atoms with Gasteiger partial charge in [-0.2, -0.15) is 0 Å². The maximum atomic E-state index is 9.84. The van der Waals surface area contributed by atoms with Crippen LogP contribution in [0.1, 0.15) is 11.3 Å². The molecular weight excluding hydrogens is 280 g/mol. The molecule has 0 amide bonds. The fourth-order valence-corrected chi connectivity index (χ4v) is 2.25. The fraction of sp³-hybridized carbons (Fsp3) is 0.188. The minimum atomic E-state index is 0.111. The van der Waals surface area contributed by atoms with E-state index in [9.17, 15) is 5.11 Å². The van der Waals surface area contributed by atoms with E-state index in [1.54, 1.807) is 29.8 Å². The lowest BCUT2D eigenvalue weighted by molar-refractivity contribution is 0.415. The molecular formula is C16H16N4O2. The smallest absolute Gasteiger partial charge is 0.182 e. The third-order valence-corrected chi connectivity index (χ3v) is 3.36. The van der Waals surface area contributed by atoms with Gasteiger partial charge in [-0.25, -0.2) is 4.98 Å². The van der Waals surface area contributed by atoms with Crippen molar-refractivity contribution in [3.8, 4) is 11.5 Å². The van der Waals surface area contributed by atoms with Crippen LogP contribution in [0, 0.1) is 13.8 Å². The maximum absolute atomic E-state index is 9.84. The Morgan fingerprint density at radius 1 is 1.18 bits per heavy atom. The van der Waals surface area contributed by atoms with Gasteiger partial charge in [0.25, 0.3) is 0 Å². The van der Waals surface area contributed by atoms with Crippen molar-refractivity contribution in [3.05, 3.63) is 47.8 Å². The third-order valence-electron chi connectivity index (χ3n) is 3.36. The second kappa shape index (κ2) is 5.48. The summed E-state index contributed by atoms with van der Waals surface area (Å²) in [5.41, 5.74) is 2.88. The predicted molar refractivity (Wildman–Crippen MR) is 83.5 cm³/mol. The zero-order chi connectivity index (χ0) is 15.7. The van der Waals surface area contributed by atoms with E-state index in [2.05, 4.69) is 15.2 Å². The van der Waals surface area contributed by atoms with Gasteiger partial charge in [0.15, 0.2) is 17.2 Å². The number of aryl methyl sites for hydroxylation is 2. The Labute approximate surface area is 127 Å². The number of imidazole rings is 1. The molecule has 0 saturated carbocycles. The molecule has 112 valence electrons. The molecule has 0 unspecified atom stereocenters. The van der Waals surface area contributed by atoms with Gasteiger partial charge < -0.3 is 9.84 Å². The van der Waals surface area contributed by atoms with E-state index in [4.69, 9.17) is 4.74 Å². The Hall–Kier alpha value is -2.89. The van der Waals surface area contributed by atoms with Crippen LogP contribution in [0.3, 0.4) is 0 Å². The van der Waals surface area contributed by atoms with Gasteiger partial charge >= 0.3 is 0 Å². The van der Waals surface area contributed by atoms with Gasteiger partial charge in [-0.05, 0) is 43.7 Å². The van der Waals surface area contributed by atoms with E-state index in [-0.39, 0.29) is 5.75 Å². The number of rotatable bonds is 3. The van der Waals surface area contributed by atoms with Crippen LogP contribution in [0.2, 0.25) is 0 Å². The van der Waals surface area contributed by atoms with Crippen LogP contribution < -0.4 is 4.74 Å². The molecule has 1 N–H and O–H groups in total. The Bertz CT molecular complexity index is 868. The van der Waals surface area contributed by atoms with Crippen molar-refractivity contribution in [1.82, 2.24) is 9.38 Å². The minimum Gasteiger partial charge on any atom is -0.504 e. The topological polar surface area (TPSA) is 71.5 Å². The lowest BCUT2D eigenvalue weighted by Crippen LogP contribution is -1.84. The molecule has 0 aliphatic carbocycles. The number of fused-ring (bicyclic) bond motifs is 1. The van der Waals surface area contributed by atoms with Crippen molar-refractivity contribution < 1.29 is 9.84 Å². The van der Waals surface area contributed by atoms with Crippen molar-refractivity contribution in [1.29, 1.82) is 0 Å². The minimum absolute atomic E-state index is 0.111. The van der Waals surface area contributed by atoms with Crippen LogP contribution in [0.4, 0.5) is 11.5 Å².